The molecule has 0 amide bonds. The summed E-state index contributed by atoms with van der Waals surface area (Å²) in [5.41, 5.74) is 0.207. The number of benzene rings is 1. The van der Waals surface area contributed by atoms with Crippen molar-refractivity contribution < 1.29 is 19.4 Å². The minimum Gasteiger partial charge on any atom is -0.493 e. The molecule has 1 aromatic carbocycles. The Balaban J connectivity index is 1.93. The largest absolute Gasteiger partial charge is 0.493 e. The van der Waals surface area contributed by atoms with Crippen molar-refractivity contribution in [2.45, 2.75) is 19.3 Å². The van der Waals surface area contributed by atoms with Crippen LogP contribution >= 0.6 is 0 Å². The van der Waals surface area contributed by atoms with Crippen LogP contribution < -0.4 is 9.47 Å². The van der Waals surface area contributed by atoms with Crippen molar-refractivity contribution >= 4 is 5.97 Å². The molecule has 0 unspecified atom stereocenters. The van der Waals surface area contributed by atoms with Crippen molar-refractivity contribution in [2.75, 3.05) is 33.4 Å². The maximum Gasteiger partial charge on any atom is 0.335 e. The molecule has 1 aromatic rings. The summed E-state index contributed by atoms with van der Waals surface area (Å²) >= 11 is 0. The highest BCUT2D eigenvalue weighted by Crippen LogP contribution is 2.28. The fourth-order valence-electron chi connectivity index (χ4n) is 2.39. The third-order valence-corrected chi connectivity index (χ3v) is 3.52. The summed E-state index contributed by atoms with van der Waals surface area (Å²) in [7, 11) is 1.55. The number of hydrogen-bond acceptors (Lipinski definition) is 4. The van der Waals surface area contributed by atoms with Gasteiger partial charge in [0.25, 0.3) is 0 Å². The van der Waals surface area contributed by atoms with Crippen LogP contribution in [0.3, 0.4) is 0 Å². The number of hydrogen-bond donors (Lipinski definition) is 1. The second-order valence-electron chi connectivity index (χ2n) is 4.92. The molecule has 5 heteroatoms. The Morgan fingerprint density at radius 1 is 1.25 bits per heavy atom. The lowest BCUT2D eigenvalue weighted by Gasteiger charge is -2.26. The maximum absolute atomic E-state index is 11.0. The van der Waals surface area contributed by atoms with Gasteiger partial charge in [0.2, 0.25) is 0 Å². The van der Waals surface area contributed by atoms with Crippen LogP contribution in [0.15, 0.2) is 18.2 Å². The van der Waals surface area contributed by atoms with Gasteiger partial charge in [0.15, 0.2) is 11.5 Å². The van der Waals surface area contributed by atoms with Crippen molar-refractivity contribution in [1.82, 2.24) is 4.90 Å². The molecule has 0 radical (unpaired) electrons. The molecule has 2 rings (SSSR count). The predicted molar refractivity (Wildman–Crippen MR) is 75.7 cm³/mol. The lowest BCUT2D eigenvalue weighted by atomic mass is 10.1. The van der Waals surface area contributed by atoms with Crippen LogP contribution in [-0.4, -0.2) is 49.3 Å². The number of likely N-dealkylation sites (tertiary alicyclic amines) is 1. The first kappa shape index (κ1) is 14.7. The summed E-state index contributed by atoms with van der Waals surface area (Å²) in [6.07, 6.45) is 3.81. The van der Waals surface area contributed by atoms with Crippen molar-refractivity contribution in [1.29, 1.82) is 0 Å². The van der Waals surface area contributed by atoms with Gasteiger partial charge in [-0.15, -0.1) is 0 Å². The molecular weight excluding hydrogens is 258 g/mol. The van der Waals surface area contributed by atoms with E-state index in [1.54, 1.807) is 13.2 Å². The molecule has 1 saturated heterocycles. The van der Waals surface area contributed by atoms with E-state index < -0.39 is 5.97 Å². The third kappa shape index (κ3) is 3.87. The summed E-state index contributed by atoms with van der Waals surface area (Å²) in [5, 5.41) is 9.00. The zero-order valence-corrected chi connectivity index (χ0v) is 11.8. The molecule has 1 aliphatic heterocycles. The van der Waals surface area contributed by atoms with E-state index in [9.17, 15) is 4.79 Å². The Morgan fingerprint density at radius 3 is 2.65 bits per heavy atom. The third-order valence-electron chi connectivity index (χ3n) is 3.52. The van der Waals surface area contributed by atoms with Crippen molar-refractivity contribution in [3.05, 3.63) is 23.8 Å². The summed E-state index contributed by atoms with van der Waals surface area (Å²) in [4.78, 5) is 13.3. The lowest BCUT2D eigenvalue weighted by Crippen LogP contribution is -2.33. The smallest absolute Gasteiger partial charge is 0.335 e. The minimum atomic E-state index is -0.964. The zero-order valence-electron chi connectivity index (χ0n) is 11.8. The molecule has 0 aromatic heterocycles. The summed E-state index contributed by atoms with van der Waals surface area (Å²) in [5.74, 6) is 0.0894. The van der Waals surface area contributed by atoms with E-state index in [1.165, 1.54) is 31.4 Å². The average molecular weight is 279 g/mol. The zero-order chi connectivity index (χ0) is 14.4. The minimum absolute atomic E-state index is 0.207. The molecule has 0 atom stereocenters. The number of rotatable bonds is 6. The van der Waals surface area contributed by atoms with Gasteiger partial charge >= 0.3 is 5.97 Å². The summed E-state index contributed by atoms with van der Waals surface area (Å²) in [6.45, 7) is 3.64. The highest BCUT2D eigenvalue weighted by molar-refractivity contribution is 5.88. The quantitative estimate of drug-likeness (QED) is 0.865. The molecule has 5 nitrogen and oxygen atoms in total. The number of ether oxygens (including phenoxy) is 2. The van der Waals surface area contributed by atoms with Gasteiger partial charge in [-0.1, -0.05) is 6.42 Å². The highest BCUT2D eigenvalue weighted by atomic mass is 16.5. The second kappa shape index (κ2) is 7.14. The van der Waals surface area contributed by atoms with Gasteiger partial charge in [0.05, 0.1) is 12.7 Å². The Labute approximate surface area is 119 Å². The predicted octanol–water partition coefficient (Wildman–Crippen LogP) is 2.26. The van der Waals surface area contributed by atoms with Crippen molar-refractivity contribution in [3.63, 3.8) is 0 Å². The van der Waals surface area contributed by atoms with E-state index in [-0.39, 0.29) is 5.56 Å². The fraction of sp³-hybridized carbons (Fsp3) is 0.533. The molecule has 110 valence electrons. The first-order valence-electron chi connectivity index (χ1n) is 6.97. The first-order valence-corrected chi connectivity index (χ1v) is 6.97. The maximum atomic E-state index is 11.0. The van der Waals surface area contributed by atoms with E-state index in [0.717, 1.165) is 19.6 Å². The van der Waals surface area contributed by atoms with Gasteiger partial charge in [0, 0.05) is 6.54 Å². The van der Waals surface area contributed by atoms with Gasteiger partial charge in [-0.3, -0.25) is 4.90 Å². The Bertz CT molecular complexity index is 455. The van der Waals surface area contributed by atoms with Crippen molar-refractivity contribution in [3.8, 4) is 11.5 Å². The standard InChI is InChI=1S/C15H21NO4/c1-19-13-6-5-12(15(17)18)11-14(13)20-10-9-16-7-3-2-4-8-16/h5-6,11H,2-4,7-10H2,1H3,(H,17,18). The van der Waals surface area contributed by atoms with E-state index in [0.29, 0.717) is 18.1 Å². The molecule has 1 aliphatic rings. The molecule has 0 saturated carbocycles. The van der Waals surface area contributed by atoms with E-state index >= 15 is 0 Å². The van der Waals surface area contributed by atoms with Gasteiger partial charge in [0.1, 0.15) is 6.61 Å². The van der Waals surface area contributed by atoms with Crippen LogP contribution in [0.4, 0.5) is 0 Å². The van der Waals surface area contributed by atoms with E-state index in [2.05, 4.69) is 4.90 Å². The summed E-state index contributed by atoms with van der Waals surface area (Å²) in [6, 6.07) is 4.65. The molecule has 20 heavy (non-hydrogen) atoms. The van der Waals surface area contributed by atoms with Crippen LogP contribution in [-0.2, 0) is 0 Å². The second-order valence-corrected chi connectivity index (χ2v) is 4.92. The Kier molecular flexibility index (Phi) is 5.24. The monoisotopic (exact) mass is 279 g/mol. The van der Waals surface area contributed by atoms with Gasteiger partial charge in [-0.2, -0.15) is 0 Å². The van der Waals surface area contributed by atoms with Crippen LogP contribution in [0.2, 0.25) is 0 Å². The molecule has 0 spiro atoms. The molecule has 0 aliphatic carbocycles. The number of aromatic carboxylic acids is 1. The number of carbonyl (C=O) groups is 1. The lowest BCUT2D eigenvalue weighted by molar-refractivity contribution is 0.0696. The topological polar surface area (TPSA) is 59.0 Å². The van der Waals surface area contributed by atoms with Gasteiger partial charge in [-0.05, 0) is 44.1 Å². The van der Waals surface area contributed by atoms with Crippen LogP contribution in [0.5, 0.6) is 11.5 Å². The van der Waals surface area contributed by atoms with Crippen LogP contribution in [0, 0.1) is 0 Å². The number of piperidine rings is 1. The van der Waals surface area contributed by atoms with Gasteiger partial charge < -0.3 is 14.6 Å². The number of carboxylic acids is 1. The first-order chi connectivity index (χ1) is 9.70. The van der Waals surface area contributed by atoms with Gasteiger partial charge in [-0.25, -0.2) is 4.79 Å². The van der Waals surface area contributed by atoms with E-state index in [1.807, 2.05) is 0 Å². The number of carboxylic acid groups (broad SMARTS) is 1. The Morgan fingerprint density at radius 2 is 2.00 bits per heavy atom. The molecule has 1 heterocycles. The SMILES string of the molecule is COc1ccc(C(=O)O)cc1OCCN1CCCCC1. The molecule has 1 fully saturated rings. The van der Waals surface area contributed by atoms with Crippen molar-refractivity contribution in [2.24, 2.45) is 0 Å². The molecule has 0 bridgehead atoms. The molecule has 1 N–H and O–H groups in total. The highest BCUT2D eigenvalue weighted by Gasteiger charge is 2.12. The molecular formula is C15H21NO4. The number of nitrogens with zero attached hydrogens (tertiary/aromatic N) is 1. The van der Waals surface area contributed by atoms with Crippen LogP contribution in [0.25, 0.3) is 0 Å². The van der Waals surface area contributed by atoms with Crippen LogP contribution in [0.1, 0.15) is 29.6 Å². The average Bonchev–Trinajstić information content (AvgIpc) is 2.48. The van der Waals surface area contributed by atoms with E-state index in [4.69, 9.17) is 14.6 Å². The fourth-order valence-corrected chi connectivity index (χ4v) is 2.39. The normalized spacial score (nSPS) is 15.8. The Hall–Kier alpha value is -1.75. The number of methoxy groups -OCH3 is 1. The summed E-state index contributed by atoms with van der Waals surface area (Å²) < 4.78 is 10.9.